The summed E-state index contributed by atoms with van der Waals surface area (Å²) in [6.45, 7) is 1.78. The molecule has 3 rings (SSSR count). The average molecular weight is 216 g/mol. The zero-order valence-electron chi connectivity index (χ0n) is 8.51. The van der Waals surface area contributed by atoms with Crippen molar-refractivity contribution in [3.8, 4) is 0 Å². The maximum absolute atomic E-state index is 11.6. The number of aromatic nitrogens is 4. The van der Waals surface area contributed by atoms with E-state index in [1.807, 2.05) is 0 Å². The van der Waals surface area contributed by atoms with E-state index in [0.29, 0.717) is 23.6 Å². The molecular formula is C9H8N6O. The second kappa shape index (κ2) is 3.09. The van der Waals surface area contributed by atoms with Gasteiger partial charge in [-0.3, -0.25) is 4.79 Å². The number of hydrogen-bond acceptors (Lipinski definition) is 5. The molecule has 0 fully saturated rings. The number of rotatable bonds is 0. The number of nitrogens with one attached hydrogen (secondary N) is 1. The molecule has 0 bridgehead atoms. The minimum Gasteiger partial charge on any atom is -0.267 e. The monoisotopic (exact) mass is 216 g/mol. The van der Waals surface area contributed by atoms with E-state index < -0.39 is 0 Å². The van der Waals surface area contributed by atoms with Crippen molar-refractivity contribution in [3.05, 3.63) is 23.3 Å². The van der Waals surface area contributed by atoms with Crippen LogP contribution in [-0.4, -0.2) is 31.7 Å². The molecule has 0 saturated heterocycles. The number of carbonyl (C=O) groups is 1. The normalized spacial score (nSPS) is 14.7. The van der Waals surface area contributed by atoms with Crippen LogP contribution in [0.15, 0.2) is 11.3 Å². The van der Waals surface area contributed by atoms with Crippen molar-refractivity contribution < 1.29 is 4.79 Å². The zero-order chi connectivity index (χ0) is 11.1. The predicted octanol–water partition coefficient (Wildman–Crippen LogP) is -0.296. The number of hydrogen-bond donors (Lipinski definition) is 1. The molecule has 0 aromatic carbocycles. The Labute approximate surface area is 90.2 Å². The van der Waals surface area contributed by atoms with E-state index in [9.17, 15) is 4.79 Å². The van der Waals surface area contributed by atoms with Crippen LogP contribution in [0.5, 0.6) is 0 Å². The molecule has 80 valence electrons. The minimum atomic E-state index is -0.272. The summed E-state index contributed by atoms with van der Waals surface area (Å²) >= 11 is 0. The Hall–Kier alpha value is -2.31. The topological polar surface area (TPSA) is 84.5 Å². The summed E-state index contributed by atoms with van der Waals surface area (Å²) in [6.07, 6.45) is 3.65. The van der Waals surface area contributed by atoms with E-state index in [2.05, 4.69) is 25.6 Å². The molecule has 0 spiro atoms. The lowest BCUT2D eigenvalue weighted by Crippen LogP contribution is -2.18. The van der Waals surface area contributed by atoms with Gasteiger partial charge in [0.1, 0.15) is 5.82 Å². The number of carbonyl (C=O) groups excluding carboxylic acids is 1. The molecule has 7 heteroatoms. The molecule has 3 heterocycles. The summed E-state index contributed by atoms with van der Waals surface area (Å²) in [5.41, 5.74) is 3.64. The van der Waals surface area contributed by atoms with Crippen LogP contribution in [0, 0.1) is 6.92 Å². The van der Waals surface area contributed by atoms with Crippen molar-refractivity contribution in [1.29, 1.82) is 0 Å². The summed E-state index contributed by atoms with van der Waals surface area (Å²) in [5.74, 6) is 0.855. The van der Waals surface area contributed by atoms with Gasteiger partial charge in [-0.25, -0.2) is 10.4 Å². The van der Waals surface area contributed by atoms with E-state index in [1.165, 1.54) is 6.20 Å². The molecule has 2 aromatic heterocycles. The van der Waals surface area contributed by atoms with E-state index in [0.717, 1.165) is 5.69 Å². The van der Waals surface area contributed by atoms with Gasteiger partial charge in [0.05, 0.1) is 11.3 Å². The Kier molecular flexibility index (Phi) is 1.73. The Bertz CT molecular complexity index is 614. The lowest BCUT2D eigenvalue weighted by molar-refractivity contribution is 0.0954. The van der Waals surface area contributed by atoms with Crippen LogP contribution >= 0.6 is 0 Å². The van der Waals surface area contributed by atoms with Crippen LogP contribution in [0.4, 0.5) is 0 Å². The third-order valence-electron chi connectivity index (χ3n) is 2.36. The van der Waals surface area contributed by atoms with Gasteiger partial charge in [0.25, 0.3) is 11.7 Å². The second-order valence-corrected chi connectivity index (χ2v) is 3.45. The fourth-order valence-electron chi connectivity index (χ4n) is 1.66. The molecular weight excluding hydrogens is 208 g/mol. The van der Waals surface area contributed by atoms with Crippen molar-refractivity contribution in [3.63, 3.8) is 0 Å². The lowest BCUT2D eigenvalue weighted by Gasteiger charge is -2.03. The van der Waals surface area contributed by atoms with Gasteiger partial charge in [-0.1, -0.05) is 0 Å². The van der Waals surface area contributed by atoms with Crippen molar-refractivity contribution >= 4 is 17.9 Å². The Morgan fingerprint density at radius 1 is 1.50 bits per heavy atom. The molecule has 1 N–H and O–H groups in total. The first-order chi connectivity index (χ1) is 7.75. The van der Waals surface area contributed by atoms with Crippen LogP contribution in [0.25, 0.3) is 5.78 Å². The zero-order valence-corrected chi connectivity index (χ0v) is 8.51. The number of hydrazone groups is 1. The molecule has 1 amide bonds. The third kappa shape index (κ3) is 1.18. The fourth-order valence-corrected chi connectivity index (χ4v) is 1.66. The van der Waals surface area contributed by atoms with Crippen LogP contribution in [0.3, 0.4) is 0 Å². The third-order valence-corrected chi connectivity index (χ3v) is 2.36. The lowest BCUT2D eigenvalue weighted by atomic mass is 10.2. The van der Waals surface area contributed by atoms with Crippen LogP contribution < -0.4 is 5.43 Å². The highest BCUT2D eigenvalue weighted by atomic mass is 16.2. The van der Waals surface area contributed by atoms with Crippen molar-refractivity contribution in [2.75, 3.05) is 0 Å². The minimum absolute atomic E-state index is 0.272. The van der Waals surface area contributed by atoms with Gasteiger partial charge in [0, 0.05) is 18.8 Å². The van der Waals surface area contributed by atoms with E-state index in [1.54, 1.807) is 17.7 Å². The maximum Gasteiger partial charge on any atom is 0.274 e. The van der Waals surface area contributed by atoms with Crippen molar-refractivity contribution in [1.82, 2.24) is 25.0 Å². The first kappa shape index (κ1) is 8.96. The van der Waals surface area contributed by atoms with E-state index in [4.69, 9.17) is 0 Å². The number of nitrogens with zero attached hydrogens (tertiary/aromatic N) is 5. The van der Waals surface area contributed by atoms with Gasteiger partial charge in [-0.05, 0) is 6.92 Å². The first-order valence-electron chi connectivity index (χ1n) is 4.79. The highest BCUT2D eigenvalue weighted by Gasteiger charge is 2.18. The van der Waals surface area contributed by atoms with Crippen molar-refractivity contribution in [2.45, 2.75) is 13.3 Å². The number of amides is 1. The maximum atomic E-state index is 11.6. The van der Waals surface area contributed by atoms with Gasteiger partial charge in [-0.15, -0.1) is 0 Å². The summed E-state index contributed by atoms with van der Waals surface area (Å²) in [4.78, 5) is 19.9. The Balaban J connectivity index is 2.35. The van der Waals surface area contributed by atoms with Gasteiger partial charge in [0.2, 0.25) is 0 Å². The van der Waals surface area contributed by atoms with Gasteiger partial charge >= 0.3 is 0 Å². The highest BCUT2D eigenvalue weighted by Crippen LogP contribution is 2.11. The van der Waals surface area contributed by atoms with Crippen LogP contribution in [0.1, 0.15) is 21.9 Å². The number of fused-ring (bicyclic) bond motifs is 3. The smallest absolute Gasteiger partial charge is 0.267 e. The summed E-state index contributed by atoms with van der Waals surface area (Å²) in [7, 11) is 0. The predicted molar refractivity (Wildman–Crippen MR) is 55.2 cm³/mol. The second-order valence-electron chi connectivity index (χ2n) is 3.45. The molecule has 1 aliphatic heterocycles. The summed E-state index contributed by atoms with van der Waals surface area (Å²) in [6, 6.07) is 0. The average Bonchev–Trinajstić information content (AvgIpc) is 2.54. The number of aryl methyl sites for hydroxylation is 1. The molecule has 16 heavy (non-hydrogen) atoms. The molecule has 0 saturated carbocycles. The molecule has 0 radical (unpaired) electrons. The largest absolute Gasteiger partial charge is 0.274 e. The molecule has 1 aliphatic rings. The van der Waals surface area contributed by atoms with Crippen LogP contribution in [-0.2, 0) is 6.42 Å². The highest BCUT2D eigenvalue weighted by molar-refractivity contribution is 5.97. The van der Waals surface area contributed by atoms with Crippen LogP contribution in [0.2, 0.25) is 0 Å². The molecule has 0 atom stereocenters. The van der Waals surface area contributed by atoms with Crippen molar-refractivity contribution in [2.24, 2.45) is 5.10 Å². The molecule has 7 nitrogen and oxygen atoms in total. The fraction of sp³-hybridized carbons (Fsp3) is 0.222. The van der Waals surface area contributed by atoms with E-state index in [-0.39, 0.29) is 5.91 Å². The molecule has 0 unspecified atom stereocenters. The first-order valence-corrected chi connectivity index (χ1v) is 4.79. The molecule has 0 aliphatic carbocycles. The Morgan fingerprint density at radius 3 is 3.25 bits per heavy atom. The standard InChI is InChI=1S/C9H8N6O/c1-5-12-9-10-4-6-7(15(9)14-5)2-3-11-13-8(6)16/h3-4H,2H2,1H3,(H,13,16). The summed E-state index contributed by atoms with van der Waals surface area (Å²) < 4.78 is 1.58. The van der Waals surface area contributed by atoms with Gasteiger partial charge < -0.3 is 0 Å². The van der Waals surface area contributed by atoms with E-state index >= 15 is 0 Å². The summed E-state index contributed by atoms with van der Waals surface area (Å²) in [5, 5.41) is 7.97. The Morgan fingerprint density at radius 2 is 2.38 bits per heavy atom. The van der Waals surface area contributed by atoms with Gasteiger partial charge in [0.15, 0.2) is 0 Å². The van der Waals surface area contributed by atoms with Gasteiger partial charge in [-0.2, -0.15) is 19.7 Å². The molecule has 2 aromatic rings. The quantitative estimate of drug-likeness (QED) is 0.655. The SMILES string of the molecule is Cc1nc2ncc3c(n2n1)CC=NNC3=O.